The SMILES string of the molecule is CCC[C@@H]1CC(C(=O)NC(CC2CCC2)C(=O)C(N)=O)N(C(=O)CNC(=O)NC(C)(C)C)C1. The van der Waals surface area contributed by atoms with Crippen molar-refractivity contribution in [1.82, 2.24) is 20.9 Å². The van der Waals surface area contributed by atoms with Crippen molar-refractivity contribution in [2.75, 3.05) is 13.1 Å². The molecule has 5 amide bonds. The number of nitrogens with one attached hydrogen (secondary N) is 3. The van der Waals surface area contributed by atoms with Gasteiger partial charge in [0, 0.05) is 12.1 Å². The van der Waals surface area contributed by atoms with Crippen LogP contribution in [0.25, 0.3) is 0 Å². The number of hydrogen-bond acceptors (Lipinski definition) is 5. The molecule has 2 unspecified atom stereocenters. The summed E-state index contributed by atoms with van der Waals surface area (Å²) < 4.78 is 0. The molecule has 0 aromatic carbocycles. The molecule has 1 heterocycles. The highest BCUT2D eigenvalue weighted by atomic mass is 16.2. The number of carbonyl (C=O) groups excluding carboxylic acids is 5. The van der Waals surface area contributed by atoms with E-state index in [4.69, 9.17) is 5.73 Å². The fourth-order valence-corrected chi connectivity index (χ4v) is 4.44. The van der Waals surface area contributed by atoms with Crippen LogP contribution < -0.4 is 21.7 Å². The van der Waals surface area contributed by atoms with Gasteiger partial charge >= 0.3 is 6.03 Å². The number of ketones is 1. The molecule has 3 atom stereocenters. The maximum absolute atomic E-state index is 13.2. The summed E-state index contributed by atoms with van der Waals surface area (Å²) in [7, 11) is 0. The average molecular weight is 466 g/mol. The Balaban J connectivity index is 2.06. The Bertz CT molecular complexity index is 759. The highest BCUT2D eigenvalue weighted by Crippen LogP contribution is 2.31. The van der Waals surface area contributed by atoms with Gasteiger partial charge in [-0.1, -0.05) is 32.6 Å². The number of nitrogens with two attached hydrogens (primary N) is 1. The van der Waals surface area contributed by atoms with Crippen LogP contribution in [0.1, 0.15) is 72.6 Å². The lowest BCUT2D eigenvalue weighted by molar-refractivity contribution is -0.141. The molecule has 2 fully saturated rings. The van der Waals surface area contributed by atoms with Gasteiger partial charge in [0.1, 0.15) is 6.04 Å². The molecule has 1 saturated heterocycles. The summed E-state index contributed by atoms with van der Waals surface area (Å²) in [4.78, 5) is 63.4. The Hall–Kier alpha value is -2.65. The number of hydrogen-bond donors (Lipinski definition) is 4. The number of Topliss-reactive ketones (excluding diaryl/α,β-unsaturated/α-hetero) is 1. The van der Waals surface area contributed by atoms with Gasteiger partial charge < -0.3 is 26.6 Å². The van der Waals surface area contributed by atoms with Crippen molar-refractivity contribution in [2.45, 2.75) is 90.3 Å². The van der Waals surface area contributed by atoms with Crippen LogP contribution in [-0.4, -0.2) is 65.1 Å². The average Bonchev–Trinajstić information content (AvgIpc) is 3.10. The minimum Gasteiger partial charge on any atom is -0.363 e. The Labute approximate surface area is 195 Å². The minimum absolute atomic E-state index is 0.148. The molecule has 2 rings (SSSR count). The topological polar surface area (TPSA) is 151 Å². The second-order valence-corrected chi connectivity index (χ2v) is 10.3. The summed E-state index contributed by atoms with van der Waals surface area (Å²) in [6, 6.07) is -2.20. The summed E-state index contributed by atoms with van der Waals surface area (Å²) in [5.74, 6) is -2.28. The number of carbonyl (C=O) groups is 5. The van der Waals surface area contributed by atoms with Gasteiger partial charge in [0.15, 0.2) is 0 Å². The first-order chi connectivity index (χ1) is 15.4. The van der Waals surface area contributed by atoms with Gasteiger partial charge in [-0.15, -0.1) is 0 Å². The fraction of sp³-hybridized carbons (Fsp3) is 0.783. The first-order valence-corrected chi connectivity index (χ1v) is 11.9. The normalized spacial score (nSPS) is 21.6. The predicted octanol–water partition coefficient (Wildman–Crippen LogP) is 0.831. The van der Waals surface area contributed by atoms with Crippen LogP contribution in [-0.2, 0) is 19.2 Å². The van der Waals surface area contributed by atoms with Crippen LogP contribution in [0.3, 0.4) is 0 Å². The summed E-state index contributed by atoms with van der Waals surface area (Å²) in [6.45, 7) is 7.70. The van der Waals surface area contributed by atoms with E-state index in [1.807, 2.05) is 27.7 Å². The second-order valence-electron chi connectivity index (χ2n) is 10.3. The van der Waals surface area contributed by atoms with Crippen molar-refractivity contribution in [3.63, 3.8) is 0 Å². The molecule has 33 heavy (non-hydrogen) atoms. The van der Waals surface area contributed by atoms with Crippen molar-refractivity contribution in [2.24, 2.45) is 17.6 Å². The monoisotopic (exact) mass is 465 g/mol. The van der Waals surface area contributed by atoms with E-state index in [1.54, 1.807) is 0 Å². The van der Waals surface area contributed by atoms with Crippen molar-refractivity contribution in [3.8, 4) is 0 Å². The lowest BCUT2D eigenvalue weighted by Crippen LogP contribution is -2.55. The van der Waals surface area contributed by atoms with Crippen LogP contribution >= 0.6 is 0 Å². The molecule has 0 aromatic heterocycles. The summed E-state index contributed by atoms with van der Waals surface area (Å²) in [6.07, 6.45) is 5.59. The Morgan fingerprint density at radius 1 is 1.09 bits per heavy atom. The van der Waals surface area contributed by atoms with Gasteiger partial charge in [-0.25, -0.2) is 4.79 Å². The van der Waals surface area contributed by atoms with Crippen molar-refractivity contribution >= 4 is 29.5 Å². The first kappa shape index (κ1) is 26.6. The molecule has 5 N–H and O–H groups in total. The Morgan fingerprint density at radius 3 is 2.27 bits per heavy atom. The molecule has 2 aliphatic rings. The molecule has 0 aromatic rings. The van der Waals surface area contributed by atoms with Crippen molar-refractivity contribution < 1.29 is 24.0 Å². The van der Waals surface area contributed by atoms with E-state index in [0.29, 0.717) is 19.4 Å². The van der Waals surface area contributed by atoms with Crippen LogP contribution in [0.2, 0.25) is 0 Å². The predicted molar refractivity (Wildman–Crippen MR) is 123 cm³/mol. The molecule has 1 saturated carbocycles. The third kappa shape index (κ3) is 8.01. The number of nitrogens with zero attached hydrogens (tertiary/aromatic N) is 1. The fourth-order valence-electron chi connectivity index (χ4n) is 4.44. The van der Waals surface area contributed by atoms with Gasteiger partial charge in [-0.2, -0.15) is 0 Å². The van der Waals surface area contributed by atoms with E-state index in [0.717, 1.165) is 32.1 Å². The lowest BCUT2D eigenvalue weighted by atomic mass is 9.80. The Kier molecular flexibility index (Phi) is 9.25. The smallest absolute Gasteiger partial charge is 0.315 e. The van der Waals surface area contributed by atoms with E-state index in [2.05, 4.69) is 16.0 Å². The molecule has 0 spiro atoms. The number of likely N-dealkylation sites (tertiary alicyclic amines) is 1. The molecule has 0 radical (unpaired) electrons. The van der Waals surface area contributed by atoms with E-state index >= 15 is 0 Å². The van der Waals surface area contributed by atoms with E-state index < -0.39 is 41.3 Å². The highest BCUT2D eigenvalue weighted by Gasteiger charge is 2.41. The van der Waals surface area contributed by atoms with Gasteiger partial charge in [-0.05, 0) is 51.9 Å². The van der Waals surface area contributed by atoms with E-state index in [9.17, 15) is 24.0 Å². The Morgan fingerprint density at radius 2 is 1.76 bits per heavy atom. The van der Waals surface area contributed by atoms with Gasteiger partial charge in [0.25, 0.3) is 5.91 Å². The molecule has 0 bridgehead atoms. The summed E-state index contributed by atoms with van der Waals surface area (Å²) >= 11 is 0. The summed E-state index contributed by atoms with van der Waals surface area (Å²) in [5, 5.41) is 7.97. The third-order valence-corrected chi connectivity index (χ3v) is 6.27. The van der Waals surface area contributed by atoms with Gasteiger partial charge in [-0.3, -0.25) is 19.2 Å². The quantitative estimate of drug-likeness (QED) is 0.352. The highest BCUT2D eigenvalue weighted by molar-refractivity contribution is 6.37. The van der Waals surface area contributed by atoms with Crippen molar-refractivity contribution in [3.05, 3.63) is 0 Å². The lowest BCUT2D eigenvalue weighted by Gasteiger charge is -2.30. The van der Waals surface area contributed by atoms with Crippen LogP contribution in [0.15, 0.2) is 0 Å². The summed E-state index contributed by atoms with van der Waals surface area (Å²) in [5.41, 5.74) is 4.75. The number of urea groups is 1. The largest absolute Gasteiger partial charge is 0.363 e. The van der Waals surface area contributed by atoms with Crippen LogP contribution in [0.4, 0.5) is 4.79 Å². The zero-order chi connectivity index (χ0) is 24.8. The number of rotatable bonds is 10. The minimum atomic E-state index is -1.07. The van der Waals surface area contributed by atoms with E-state index in [1.165, 1.54) is 4.90 Å². The zero-order valence-corrected chi connectivity index (χ0v) is 20.2. The molecule has 186 valence electrons. The number of primary amides is 1. The van der Waals surface area contributed by atoms with Crippen LogP contribution in [0, 0.1) is 11.8 Å². The maximum atomic E-state index is 13.2. The van der Waals surface area contributed by atoms with Gasteiger partial charge in [0.2, 0.25) is 17.6 Å². The first-order valence-electron chi connectivity index (χ1n) is 11.9. The molecule has 10 nitrogen and oxygen atoms in total. The van der Waals surface area contributed by atoms with E-state index in [-0.39, 0.29) is 24.3 Å². The standard InChI is InChI=1S/C23H39N5O5/c1-5-7-15-11-17(28(13-15)18(29)12-25-22(33)27-23(2,3)4)21(32)26-16(19(30)20(24)31)10-14-8-6-9-14/h14-17H,5-13H2,1-4H3,(H2,24,31)(H,26,32)(H2,25,27,33)/t15-,16?,17?/m1/s1. The third-order valence-electron chi connectivity index (χ3n) is 6.27. The second kappa shape index (κ2) is 11.5. The van der Waals surface area contributed by atoms with Crippen molar-refractivity contribution in [1.29, 1.82) is 0 Å². The molecule has 1 aliphatic carbocycles. The molecule has 1 aliphatic heterocycles. The van der Waals surface area contributed by atoms with Gasteiger partial charge in [0.05, 0.1) is 12.6 Å². The van der Waals surface area contributed by atoms with Crippen LogP contribution in [0.5, 0.6) is 0 Å². The maximum Gasteiger partial charge on any atom is 0.315 e. The molecule has 10 heteroatoms. The molecular formula is C23H39N5O5. The molecular weight excluding hydrogens is 426 g/mol. The zero-order valence-electron chi connectivity index (χ0n) is 20.2. The number of amides is 5.